The molecule has 3 nitrogen and oxygen atoms in total. The second-order valence-electron chi connectivity index (χ2n) is 7.88. The van der Waals surface area contributed by atoms with E-state index in [1.54, 1.807) is 6.92 Å². The molecule has 0 spiro atoms. The van der Waals surface area contributed by atoms with E-state index in [4.69, 9.17) is 23.2 Å². The number of nitrogens with one attached hydrogen (secondary N) is 1. The Kier molecular flexibility index (Phi) is 7.15. The fourth-order valence-corrected chi connectivity index (χ4v) is 4.51. The van der Waals surface area contributed by atoms with Crippen molar-refractivity contribution in [3.63, 3.8) is 0 Å². The molecule has 1 fully saturated rings. The number of halogens is 8. The van der Waals surface area contributed by atoms with Gasteiger partial charge in [0, 0.05) is 41.8 Å². The maximum atomic E-state index is 14.3. The fraction of sp³-hybridized carbons (Fsp3) is 0.409. The highest BCUT2D eigenvalue weighted by molar-refractivity contribution is 6.34. The quantitative estimate of drug-likeness (QED) is 0.449. The molecule has 1 aliphatic heterocycles. The molecule has 33 heavy (non-hydrogen) atoms. The molecule has 0 aromatic heterocycles. The second kappa shape index (κ2) is 9.25. The first-order valence-corrected chi connectivity index (χ1v) is 10.8. The van der Waals surface area contributed by atoms with E-state index in [0.29, 0.717) is 0 Å². The Hall–Kier alpha value is -2.13. The molecular weight excluding hydrogens is 493 g/mol. The summed E-state index contributed by atoms with van der Waals surface area (Å²) in [6.45, 7) is 0.523. The minimum Gasteiger partial charge on any atom is -0.370 e. The Labute approximate surface area is 196 Å². The van der Waals surface area contributed by atoms with Crippen LogP contribution in [-0.2, 0) is 22.9 Å². The first-order chi connectivity index (χ1) is 15.3. The van der Waals surface area contributed by atoms with Crippen LogP contribution in [0.1, 0.15) is 36.5 Å². The van der Waals surface area contributed by atoms with Crippen LogP contribution in [-0.4, -0.2) is 25.2 Å². The normalized spacial score (nSPS) is 19.1. The first kappa shape index (κ1) is 25.5. The van der Waals surface area contributed by atoms with E-state index in [1.807, 2.05) is 0 Å². The molecular formula is C22H20Cl2F6N2O. The zero-order chi connectivity index (χ0) is 24.6. The standard InChI is InChI=1S/C22H20Cl2F6N2O/c1-2-19(33)31-11-13-3-4-17(10-18(13)21(25,26)27)32-6-5-20(12-32,22(28,29)30)14-7-15(23)9-16(24)8-14/h3-4,7-10H,2,5-6,11-12H2,1H3,(H,31,33). The molecule has 1 unspecified atom stereocenters. The maximum Gasteiger partial charge on any atom is 0.416 e. The van der Waals surface area contributed by atoms with Crippen LogP contribution in [0.2, 0.25) is 10.0 Å². The maximum absolute atomic E-state index is 14.3. The van der Waals surface area contributed by atoms with E-state index in [2.05, 4.69) is 5.32 Å². The predicted octanol–water partition coefficient (Wildman–Crippen LogP) is 6.75. The van der Waals surface area contributed by atoms with Crippen molar-refractivity contribution in [2.75, 3.05) is 18.0 Å². The van der Waals surface area contributed by atoms with Gasteiger partial charge in [-0.15, -0.1) is 0 Å². The summed E-state index contributed by atoms with van der Waals surface area (Å²) >= 11 is 11.8. The van der Waals surface area contributed by atoms with Gasteiger partial charge in [0.1, 0.15) is 5.41 Å². The third kappa shape index (κ3) is 5.35. The van der Waals surface area contributed by atoms with E-state index in [-0.39, 0.29) is 52.8 Å². The third-order valence-corrected chi connectivity index (χ3v) is 6.22. The Morgan fingerprint density at radius 1 is 1.06 bits per heavy atom. The summed E-state index contributed by atoms with van der Waals surface area (Å²) in [5.74, 6) is -0.415. The van der Waals surface area contributed by atoms with Gasteiger partial charge in [-0.05, 0) is 47.9 Å². The summed E-state index contributed by atoms with van der Waals surface area (Å²) in [7, 11) is 0. The molecule has 2 aromatic carbocycles. The highest BCUT2D eigenvalue weighted by Gasteiger charge is 2.59. The lowest BCUT2D eigenvalue weighted by Gasteiger charge is -2.33. The van der Waals surface area contributed by atoms with E-state index in [0.717, 1.165) is 6.07 Å². The number of alkyl halides is 6. The van der Waals surface area contributed by atoms with Crippen LogP contribution in [0.25, 0.3) is 0 Å². The molecule has 180 valence electrons. The number of hydrogen-bond acceptors (Lipinski definition) is 2. The van der Waals surface area contributed by atoms with Gasteiger partial charge in [-0.2, -0.15) is 26.3 Å². The van der Waals surface area contributed by atoms with Gasteiger partial charge in [0.05, 0.1) is 5.56 Å². The van der Waals surface area contributed by atoms with Gasteiger partial charge < -0.3 is 10.2 Å². The van der Waals surface area contributed by atoms with Gasteiger partial charge in [-0.25, -0.2) is 0 Å². The van der Waals surface area contributed by atoms with Crippen molar-refractivity contribution in [3.05, 3.63) is 63.1 Å². The number of benzene rings is 2. The first-order valence-electron chi connectivity index (χ1n) is 10.0. The molecule has 1 N–H and O–H groups in total. The molecule has 1 aliphatic rings. The molecule has 1 atom stereocenters. The smallest absolute Gasteiger partial charge is 0.370 e. The summed E-state index contributed by atoms with van der Waals surface area (Å²) in [6, 6.07) is 7.02. The zero-order valence-corrected chi connectivity index (χ0v) is 18.9. The summed E-state index contributed by atoms with van der Waals surface area (Å²) in [5, 5.41) is 2.47. The van der Waals surface area contributed by atoms with Crippen molar-refractivity contribution in [3.8, 4) is 0 Å². The molecule has 0 saturated carbocycles. The molecule has 0 aliphatic carbocycles. The van der Waals surface area contributed by atoms with Gasteiger partial charge >= 0.3 is 12.4 Å². The Balaban J connectivity index is 1.98. The summed E-state index contributed by atoms with van der Waals surface area (Å²) in [6.07, 6.45) is -9.69. The lowest BCUT2D eigenvalue weighted by atomic mass is 9.79. The van der Waals surface area contributed by atoms with Gasteiger partial charge in [0.2, 0.25) is 5.91 Å². The Morgan fingerprint density at radius 2 is 1.70 bits per heavy atom. The average Bonchev–Trinajstić information content (AvgIpc) is 3.17. The van der Waals surface area contributed by atoms with Crippen LogP contribution in [0.4, 0.5) is 32.0 Å². The Morgan fingerprint density at radius 3 is 2.24 bits per heavy atom. The molecule has 1 amide bonds. The van der Waals surface area contributed by atoms with Crippen molar-refractivity contribution < 1.29 is 31.1 Å². The number of anilines is 1. The topological polar surface area (TPSA) is 32.3 Å². The lowest BCUT2D eigenvalue weighted by molar-refractivity contribution is -0.184. The average molecular weight is 513 g/mol. The van der Waals surface area contributed by atoms with Gasteiger partial charge in [0.25, 0.3) is 0 Å². The van der Waals surface area contributed by atoms with Gasteiger partial charge in [0.15, 0.2) is 0 Å². The van der Waals surface area contributed by atoms with Crippen molar-refractivity contribution in [2.45, 2.75) is 44.1 Å². The van der Waals surface area contributed by atoms with Crippen LogP contribution in [0.3, 0.4) is 0 Å². The molecule has 0 radical (unpaired) electrons. The van der Waals surface area contributed by atoms with Crippen LogP contribution < -0.4 is 10.2 Å². The van der Waals surface area contributed by atoms with Crippen molar-refractivity contribution in [2.24, 2.45) is 0 Å². The molecule has 3 rings (SSSR count). The zero-order valence-electron chi connectivity index (χ0n) is 17.4. The predicted molar refractivity (Wildman–Crippen MR) is 115 cm³/mol. The summed E-state index contributed by atoms with van der Waals surface area (Å²) in [5.41, 5.74) is -3.65. The van der Waals surface area contributed by atoms with Crippen LogP contribution >= 0.6 is 23.2 Å². The number of carbonyl (C=O) groups is 1. The monoisotopic (exact) mass is 512 g/mol. The summed E-state index contributed by atoms with van der Waals surface area (Å²) in [4.78, 5) is 12.7. The van der Waals surface area contributed by atoms with Crippen molar-refractivity contribution in [1.82, 2.24) is 5.32 Å². The second-order valence-corrected chi connectivity index (χ2v) is 8.75. The van der Waals surface area contributed by atoms with E-state index >= 15 is 0 Å². The largest absolute Gasteiger partial charge is 0.416 e. The number of hydrogen-bond donors (Lipinski definition) is 1. The van der Waals surface area contributed by atoms with Crippen LogP contribution in [0, 0.1) is 0 Å². The van der Waals surface area contributed by atoms with Crippen LogP contribution in [0.15, 0.2) is 36.4 Å². The molecule has 1 heterocycles. The number of rotatable bonds is 5. The van der Waals surface area contributed by atoms with Crippen molar-refractivity contribution >= 4 is 34.8 Å². The number of carbonyl (C=O) groups excluding carboxylic acids is 1. The minimum atomic E-state index is -4.75. The summed E-state index contributed by atoms with van der Waals surface area (Å²) < 4.78 is 83.8. The number of nitrogens with zero attached hydrogens (tertiary/aromatic N) is 1. The molecule has 0 bridgehead atoms. The SMILES string of the molecule is CCC(=O)NCc1ccc(N2CCC(c3cc(Cl)cc(Cl)c3)(C(F)(F)F)C2)cc1C(F)(F)F. The molecule has 2 aromatic rings. The lowest BCUT2D eigenvalue weighted by Crippen LogP contribution is -2.45. The van der Waals surface area contributed by atoms with Gasteiger partial charge in [-0.3, -0.25) is 4.79 Å². The third-order valence-electron chi connectivity index (χ3n) is 5.79. The number of amides is 1. The highest BCUT2D eigenvalue weighted by atomic mass is 35.5. The van der Waals surface area contributed by atoms with Gasteiger partial charge in [-0.1, -0.05) is 36.2 Å². The minimum absolute atomic E-state index is 0.00661. The molecule has 11 heteroatoms. The highest BCUT2D eigenvalue weighted by Crippen LogP contribution is 2.50. The Bertz CT molecular complexity index is 1020. The molecule has 1 saturated heterocycles. The van der Waals surface area contributed by atoms with E-state index in [1.165, 1.54) is 35.2 Å². The van der Waals surface area contributed by atoms with Crippen LogP contribution in [0.5, 0.6) is 0 Å². The van der Waals surface area contributed by atoms with E-state index in [9.17, 15) is 31.1 Å². The van der Waals surface area contributed by atoms with E-state index < -0.39 is 35.8 Å². The van der Waals surface area contributed by atoms with Crippen molar-refractivity contribution in [1.29, 1.82) is 0 Å². The fourth-order valence-electron chi connectivity index (χ4n) is 3.99.